The number of hydrogen-bond acceptors (Lipinski definition) is 2. The van der Waals surface area contributed by atoms with Crippen molar-refractivity contribution in [1.29, 1.82) is 0 Å². The summed E-state index contributed by atoms with van der Waals surface area (Å²) in [6.45, 7) is 4.19. The molecule has 2 aromatic carbocycles. The molecule has 0 saturated heterocycles. The van der Waals surface area contributed by atoms with Gasteiger partial charge in [-0.2, -0.15) is 0 Å². The highest BCUT2D eigenvalue weighted by Gasteiger charge is 2.14. The molecule has 132 valence electrons. The number of carbonyl (C=O) groups excluding carboxylic acids is 1. The third kappa shape index (κ3) is 4.62. The van der Waals surface area contributed by atoms with E-state index >= 15 is 0 Å². The molecule has 0 saturated carbocycles. The Morgan fingerprint density at radius 3 is 2.52 bits per heavy atom. The minimum atomic E-state index is -0.0928. The van der Waals surface area contributed by atoms with E-state index in [1.165, 1.54) is 41.5 Å². The van der Waals surface area contributed by atoms with Crippen molar-refractivity contribution in [3.05, 3.63) is 64.7 Å². The summed E-state index contributed by atoms with van der Waals surface area (Å²) in [7, 11) is 0. The number of carbonyl (C=O) groups is 1. The van der Waals surface area contributed by atoms with Crippen LogP contribution in [0.1, 0.15) is 55.0 Å². The molecule has 0 radical (unpaired) electrons. The maximum Gasteiger partial charge on any atom is 0.258 e. The summed E-state index contributed by atoms with van der Waals surface area (Å²) >= 11 is 0. The van der Waals surface area contributed by atoms with Crippen molar-refractivity contribution in [2.75, 3.05) is 6.61 Å². The second kappa shape index (κ2) is 8.19. The van der Waals surface area contributed by atoms with Crippen LogP contribution in [-0.2, 0) is 24.1 Å². The van der Waals surface area contributed by atoms with E-state index in [0.717, 1.165) is 18.6 Å². The third-order valence-corrected chi connectivity index (χ3v) is 4.95. The molecule has 0 aliphatic heterocycles. The second-order valence-corrected chi connectivity index (χ2v) is 6.81. The van der Waals surface area contributed by atoms with Crippen LogP contribution in [0.5, 0.6) is 5.75 Å². The number of rotatable bonds is 6. The molecule has 0 spiro atoms. The SMILES string of the molecule is CCc1ccc(OCC(=O)N[C@@H](C)c2ccc3c(c2)CCCC3)cc1. The van der Waals surface area contributed by atoms with Gasteiger partial charge in [-0.25, -0.2) is 0 Å². The van der Waals surface area contributed by atoms with Gasteiger partial charge in [0.15, 0.2) is 6.61 Å². The summed E-state index contributed by atoms with van der Waals surface area (Å²) < 4.78 is 5.58. The van der Waals surface area contributed by atoms with E-state index in [4.69, 9.17) is 4.74 Å². The summed E-state index contributed by atoms with van der Waals surface area (Å²) in [4.78, 5) is 12.2. The first-order valence-corrected chi connectivity index (χ1v) is 9.28. The second-order valence-electron chi connectivity index (χ2n) is 6.81. The Hall–Kier alpha value is -2.29. The normalized spacial score (nSPS) is 14.5. The molecule has 0 heterocycles. The van der Waals surface area contributed by atoms with E-state index in [0.29, 0.717) is 0 Å². The number of benzene rings is 2. The van der Waals surface area contributed by atoms with E-state index in [1.807, 2.05) is 31.2 Å². The van der Waals surface area contributed by atoms with Gasteiger partial charge in [-0.15, -0.1) is 0 Å². The zero-order valence-electron chi connectivity index (χ0n) is 15.2. The van der Waals surface area contributed by atoms with Crippen molar-refractivity contribution in [1.82, 2.24) is 5.32 Å². The van der Waals surface area contributed by atoms with Crippen molar-refractivity contribution < 1.29 is 9.53 Å². The molecule has 25 heavy (non-hydrogen) atoms. The van der Waals surface area contributed by atoms with Crippen molar-refractivity contribution in [3.8, 4) is 5.75 Å². The van der Waals surface area contributed by atoms with Gasteiger partial charge < -0.3 is 10.1 Å². The Bertz CT molecular complexity index is 721. The quantitative estimate of drug-likeness (QED) is 0.849. The molecule has 0 fully saturated rings. The van der Waals surface area contributed by atoms with Gasteiger partial charge in [0.2, 0.25) is 0 Å². The van der Waals surface area contributed by atoms with Gasteiger partial charge in [0.25, 0.3) is 5.91 Å². The van der Waals surface area contributed by atoms with Crippen LogP contribution in [0, 0.1) is 0 Å². The largest absolute Gasteiger partial charge is 0.484 e. The lowest BCUT2D eigenvalue weighted by atomic mass is 9.89. The van der Waals surface area contributed by atoms with E-state index in [9.17, 15) is 4.79 Å². The summed E-state index contributed by atoms with van der Waals surface area (Å²) in [5.74, 6) is 0.638. The fourth-order valence-electron chi connectivity index (χ4n) is 3.36. The van der Waals surface area contributed by atoms with Crippen molar-refractivity contribution >= 4 is 5.91 Å². The zero-order chi connectivity index (χ0) is 17.6. The number of fused-ring (bicyclic) bond motifs is 1. The zero-order valence-corrected chi connectivity index (χ0v) is 15.2. The Kier molecular flexibility index (Phi) is 5.75. The lowest BCUT2D eigenvalue weighted by Gasteiger charge is -2.20. The molecule has 0 unspecified atom stereocenters. The summed E-state index contributed by atoms with van der Waals surface area (Å²) in [5.41, 5.74) is 5.34. The number of hydrogen-bond donors (Lipinski definition) is 1. The molecule has 2 aromatic rings. The molecule has 3 heteroatoms. The van der Waals surface area contributed by atoms with Gasteiger partial charge in [-0.1, -0.05) is 37.3 Å². The predicted molar refractivity (Wildman–Crippen MR) is 101 cm³/mol. The first kappa shape index (κ1) is 17.5. The molecule has 3 nitrogen and oxygen atoms in total. The minimum Gasteiger partial charge on any atom is -0.484 e. The highest BCUT2D eigenvalue weighted by Crippen LogP contribution is 2.24. The first-order valence-electron chi connectivity index (χ1n) is 9.28. The summed E-state index contributed by atoms with van der Waals surface area (Å²) in [6, 6.07) is 14.5. The van der Waals surface area contributed by atoms with Crippen LogP contribution in [0.4, 0.5) is 0 Å². The van der Waals surface area contributed by atoms with Crippen LogP contribution in [0.3, 0.4) is 0 Å². The average Bonchev–Trinajstić information content (AvgIpc) is 2.66. The average molecular weight is 337 g/mol. The lowest BCUT2D eigenvalue weighted by Crippen LogP contribution is -2.31. The highest BCUT2D eigenvalue weighted by atomic mass is 16.5. The Morgan fingerprint density at radius 2 is 1.80 bits per heavy atom. The maximum atomic E-state index is 12.2. The first-order chi connectivity index (χ1) is 12.2. The third-order valence-electron chi connectivity index (χ3n) is 4.95. The number of nitrogens with one attached hydrogen (secondary N) is 1. The van der Waals surface area contributed by atoms with Crippen molar-refractivity contribution in [2.45, 2.75) is 52.0 Å². The smallest absolute Gasteiger partial charge is 0.258 e. The van der Waals surface area contributed by atoms with Gasteiger partial charge in [-0.3, -0.25) is 4.79 Å². The van der Waals surface area contributed by atoms with Crippen LogP contribution < -0.4 is 10.1 Å². The lowest BCUT2D eigenvalue weighted by molar-refractivity contribution is -0.123. The van der Waals surface area contributed by atoms with E-state index in [1.54, 1.807) is 0 Å². The number of ether oxygens (including phenoxy) is 1. The maximum absolute atomic E-state index is 12.2. The Labute approximate surface area is 150 Å². The molecule has 1 N–H and O–H groups in total. The van der Waals surface area contributed by atoms with Gasteiger partial charge in [-0.05, 0) is 73.4 Å². The molecule has 0 bridgehead atoms. The molecule has 1 aliphatic carbocycles. The van der Waals surface area contributed by atoms with Crippen molar-refractivity contribution in [3.63, 3.8) is 0 Å². The predicted octanol–water partition coefficient (Wildman–Crippen LogP) is 4.38. The summed E-state index contributed by atoms with van der Waals surface area (Å²) in [6.07, 6.45) is 5.89. The highest BCUT2D eigenvalue weighted by molar-refractivity contribution is 5.78. The van der Waals surface area contributed by atoms with Crippen LogP contribution in [0.2, 0.25) is 0 Å². The standard InChI is InChI=1S/C22H27NO2/c1-3-17-8-12-21(13-9-17)25-15-22(24)23-16(2)19-11-10-18-6-4-5-7-20(18)14-19/h8-14,16H,3-7,15H2,1-2H3,(H,23,24)/t16-/m0/s1. The monoisotopic (exact) mass is 337 g/mol. The molecule has 0 aromatic heterocycles. The molecule has 1 aliphatic rings. The Balaban J connectivity index is 1.53. The topological polar surface area (TPSA) is 38.3 Å². The molecule has 1 amide bonds. The minimum absolute atomic E-state index is 0.00852. The number of aryl methyl sites for hydroxylation is 3. The van der Waals surface area contributed by atoms with E-state index < -0.39 is 0 Å². The summed E-state index contributed by atoms with van der Waals surface area (Å²) in [5, 5.41) is 3.03. The molecule has 3 rings (SSSR count). The van der Waals surface area contributed by atoms with Crippen LogP contribution >= 0.6 is 0 Å². The van der Waals surface area contributed by atoms with Gasteiger partial charge in [0.1, 0.15) is 5.75 Å². The van der Waals surface area contributed by atoms with Crippen LogP contribution in [-0.4, -0.2) is 12.5 Å². The van der Waals surface area contributed by atoms with Crippen LogP contribution in [0.25, 0.3) is 0 Å². The van der Waals surface area contributed by atoms with E-state index in [-0.39, 0.29) is 18.6 Å². The number of amides is 1. The van der Waals surface area contributed by atoms with E-state index in [2.05, 4.69) is 30.4 Å². The molecule has 1 atom stereocenters. The van der Waals surface area contributed by atoms with Crippen LogP contribution in [0.15, 0.2) is 42.5 Å². The Morgan fingerprint density at radius 1 is 1.08 bits per heavy atom. The molecular weight excluding hydrogens is 310 g/mol. The fraction of sp³-hybridized carbons (Fsp3) is 0.409. The van der Waals surface area contributed by atoms with Gasteiger partial charge in [0.05, 0.1) is 6.04 Å². The van der Waals surface area contributed by atoms with Gasteiger partial charge in [0, 0.05) is 0 Å². The fourth-order valence-corrected chi connectivity index (χ4v) is 3.36. The van der Waals surface area contributed by atoms with Crippen molar-refractivity contribution in [2.24, 2.45) is 0 Å². The van der Waals surface area contributed by atoms with Gasteiger partial charge >= 0.3 is 0 Å². The molecular formula is C22H27NO2.